The summed E-state index contributed by atoms with van der Waals surface area (Å²) in [5.74, 6) is -0.0667. The second-order valence-electron chi connectivity index (χ2n) is 7.52. The summed E-state index contributed by atoms with van der Waals surface area (Å²) in [5.41, 5.74) is 0.949. The first-order valence-corrected chi connectivity index (χ1v) is 12.2. The van der Waals surface area contributed by atoms with Gasteiger partial charge in [-0.1, -0.05) is 30.3 Å². The van der Waals surface area contributed by atoms with Gasteiger partial charge in [0.15, 0.2) is 33.0 Å². The fraction of sp³-hybridized carbons (Fsp3) is 0.273. The zero-order valence-electron chi connectivity index (χ0n) is 19.2. The van der Waals surface area contributed by atoms with Crippen LogP contribution in [0.3, 0.4) is 0 Å². The number of nitrogens with zero attached hydrogens (tertiary/aromatic N) is 7. The minimum Gasteiger partial charge on any atom is -0.479 e. The van der Waals surface area contributed by atoms with Crippen molar-refractivity contribution in [3.63, 3.8) is 0 Å². The van der Waals surface area contributed by atoms with Crippen LogP contribution in [0.5, 0.6) is 11.8 Å². The second-order valence-corrected chi connectivity index (χ2v) is 9.94. The molecule has 0 fully saturated rings. The molecule has 13 heteroatoms. The van der Waals surface area contributed by atoms with E-state index in [9.17, 15) is 12.8 Å². The van der Waals surface area contributed by atoms with Crippen LogP contribution in [-0.4, -0.2) is 62.6 Å². The van der Waals surface area contributed by atoms with Gasteiger partial charge in [0.05, 0.1) is 31.9 Å². The van der Waals surface area contributed by atoms with Crippen LogP contribution >= 0.6 is 0 Å². The topological polar surface area (TPSA) is 135 Å². The summed E-state index contributed by atoms with van der Waals surface area (Å²) in [7, 11) is -0.921. The molecule has 0 radical (unpaired) electrons. The van der Waals surface area contributed by atoms with Crippen molar-refractivity contribution in [3.05, 3.63) is 66.5 Å². The molecule has 0 amide bonds. The highest BCUT2D eigenvalue weighted by molar-refractivity contribution is 7.91. The van der Waals surface area contributed by atoms with E-state index in [-0.39, 0.29) is 35.5 Å². The van der Waals surface area contributed by atoms with Gasteiger partial charge in [-0.3, -0.25) is 4.57 Å². The molecule has 0 aliphatic carbocycles. The lowest BCUT2D eigenvalue weighted by molar-refractivity contribution is 0.368. The summed E-state index contributed by atoms with van der Waals surface area (Å²) >= 11 is 0. The molecule has 1 aromatic carbocycles. The van der Waals surface area contributed by atoms with Crippen molar-refractivity contribution < 1.29 is 22.3 Å². The summed E-state index contributed by atoms with van der Waals surface area (Å²) in [4.78, 5) is 16.0. The van der Waals surface area contributed by atoms with Crippen LogP contribution in [0.2, 0.25) is 0 Å². The van der Waals surface area contributed by atoms with E-state index in [2.05, 4.69) is 30.1 Å². The largest absolute Gasteiger partial charge is 0.479 e. The van der Waals surface area contributed by atoms with Gasteiger partial charge >= 0.3 is 0 Å². The molecule has 182 valence electrons. The van der Waals surface area contributed by atoms with Crippen LogP contribution in [0.15, 0.2) is 49.1 Å². The van der Waals surface area contributed by atoms with Gasteiger partial charge in [-0.2, -0.15) is 9.97 Å². The summed E-state index contributed by atoms with van der Waals surface area (Å²) in [6.45, 7) is 1.54. The molecule has 11 nitrogen and oxygen atoms in total. The van der Waals surface area contributed by atoms with Gasteiger partial charge in [0.2, 0.25) is 11.8 Å². The van der Waals surface area contributed by atoms with Gasteiger partial charge in [-0.05, 0) is 6.92 Å². The van der Waals surface area contributed by atoms with E-state index >= 15 is 0 Å². The molecule has 1 atom stereocenters. The highest BCUT2D eigenvalue weighted by Crippen LogP contribution is 2.34. The Morgan fingerprint density at radius 1 is 0.971 bits per heavy atom. The summed E-state index contributed by atoms with van der Waals surface area (Å²) in [6, 6.07) is 9.13. The molecule has 0 unspecified atom stereocenters. The van der Waals surface area contributed by atoms with Gasteiger partial charge in [-0.15, -0.1) is 10.2 Å². The van der Waals surface area contributed by atoms with Crippen molar-refractivity contribution >= 4 is 9.84 Å². The molecule has 35 heavy (non-hydrogen) atoms. The summed E-state index contributed by atoms with van der Waals surface area (Å²) in [5, 5.41) is 7.58. The van der Waals surface area contributed by atoms with Gasteiger partial charge in [0.1, 0.15) is 17.9 Å². The molecule has 0 aliphatic heterocycles. The van der Waals surface area contributed by atoms with Crippen LogP contribution in [0.25, 0.3) is 17.1 Å². The Labute approximate surface area is 201 Å². The zero-order chi connectivity index (χ0) is 25.0. The van der Waals surface area contributed by atoms with Crippen LogP contribution in [0, 0.1) is 5.82 Å². The number of aromatic nitrogens is 7. The number of hydrogen-bond acceptors (Lipinski definition) is 10. The van der Waals surface area contributed by atoms with Crippen molar-refractivity contribution in [1.82, 2.24) is 34.7 Å². The van der Waals surface area contributed by atoms with E-state index in [1.54, 1.807) is 0 Å². The Morgan fingerprint density at radius 2 is 1.60 bits per heavy atom. The third-order valence-electron chi connectivity index (χ3n) is 5.21. The molecule has 0 N–H and O–H groups in total. The van der Waals surface area contributed by atoms with E-state index in [1.807, 2.05) is 30.3 Å². The Hall–Kier alpha value is -4.00. The first kappa shape index (κ1) is 24.1. The zero-order valence-corrected chi connectivity index (χ0v) is 20.0. The lowest BCUT2D eigenvalue weighted by Crippen LogP contribution is -2.24. The minimum atomic E-state index is -3.78. The molecule has 0 spiro atoms. The van der Waals surface area contributed by atoms with Gasteiger partial charge < -0.3 is 9.47 Å². The Kier molecular flexibility index (Phi) is 6.96. The number of halogens is 1. The summed E-state index contributed by atoms with van der Waals surface area (Å²) in [6.07, 6.45) is 3.27. The van der Waals surface area contributed by atoms with E-state index in [1.165, 1.54) is 32.0 Å². The third kappa shape index (κ3) is 5.09. The van der Waals surface area contributed by atoms with Crippen molar-refractivity contribution in [2.75, 3.05) is 14.2 Å². The van der Waals surface area contributed by atoms with E-state index in [0.717, 1.165) is 12.4 Å². The van der Waals surface area contributed by atoms with E-state index in [0.29, 0.717) is 11.4 Å². The van der Waals surface area contributed by atoms with Crippen molar-refractivity contribution in [1.29, 1.82) is 0 Å². The van der Waals surface area contributed by atoms with Gasteiger partial charge in [0.25, 0.3) is 0 Å². The van der Waals surface area contributed by atoms with E-state index < -0.39 is 26.7 Å². The van der Waals surface area contributed by atoms with E-state index in [4.69, 9.17) is 9.47 Å². The maximum atomic E-state index is 13.3. The molecule has 0 saturated heterocycles. The Balaban J connectivity index is 1.79. The number of hydrogen-bond donors (Lipinski definition) is 0. The molecule has 0 saturated carbocycles. The first-order chi connectivity index (χ1) is 16.8. The number of rotatable bonds is 9. The minimum absolute atomic E-state index is 0.00336. The fourth-order valence-electron chi connectivity index (χ4n) is 3.41. The number of ether oxygens (including phenoxy) is 2. The number of sulfone groups is 1. The van der Waals surface area contributed by atoms with Gasteiger partial charge in [-0.25, -0.2) is 22.8 Å². The molecule has 4 rings (SSSR count). The van der Waals surface area contributed by atoms with Crippen molar-refractivity contribution in [3.8, 4) is 28.8 Å². The Bertz CT molecular complexity index is 1390. The first-order valence-electron chi connectivity index (χ1n) is 10.4. The monoisotopic (exact) mass is 499 g/mol. The normalized spacial score (nSPS) is 12.3. The molecular weight excluding hydrogens is 477 g/mol. The van der Waals surface area contributed by atoms with Crippen LogP contribution in [0.4, 0.5) is 4.39 Å². The molecule has 0 bridgehead atoms. The Morgan fingerprint density at radius 3 is 2.20 bits per heavy atom. The summed E-state index contributed by atoms with van der Waals surface area (Å²) < 4.78 is 52.1. The highest BCUT2D eigenvalue weighted by atomic mass is 32.2. The maximum absolute atomic E-state index is 13.3. The van der Waals surface area contributed by atoms with Crippen molar-refractivity contribution in [2.24, 2.45) is 0 Å². The number of methoxy groups -OCH3 is 2. The fourth-order valence-corrected chi connectivity index (χ4v) is 4.64. The molecular formula is C22H22FN7O4S. The maximum Gasteiger partial charge on any atom is 0.245 e. The van der Waals surface area contributed by atoms with Crippen molar-refractivity contribution in [2.45, 2.75) is 24.3 Å². The predicted molar refractivity (Wildman–Crippen MR) is 123 cm³/mol. The van der Waals surface area contributed by atoms with Crippen LogP contribution < -0.4 is 9.47 Å². The molecule has 4 aromatic rings. The number of benzene rings is 1. The standard InChI is InChI=1S/C22H22FN7O4S/c1-14(9-17-24-10-16(23)11-25-17)35(31,32)12-18-28-29-20(15-7-5-4-6-8-15)30(18)19-21(33-2)26-13-27-22(19)34-3/h4-8,10-11,13-14H,9,12H2,1-3H3/t14-/m0/s1. The predicted octanol–water partition coefficient (Wildman–Crippen LogP) is 2.22. The average molecular weight is 500 g/mol. The highest BCUT2D eigenvalue weighted by Gasteiger charge is 2.30. The van der Waals surface area contributed by atoms with Gasteiger partial charge in [0, 0.05) is 12.0 Å². The molecule has 3 aromatic heterocycles. The average Bonchev–Trinajstić information content (AvgIpc) is 3.27. The smallest absolute Gasteiger partial charge is 0.245 e. The lowest BCUT2D eigenvalue weighted by atomic mass is 10.2. The van der Waals surface area contributed by atoms with Crippen LogP contribution in [0.1, 0.15) is 18.6 Å². The van der Waals surface area contributed by atoms with Crippen LogP contribution in [-0.2, 0) is 22.0 Å². The SMILES string of the molecule is COc1ncnc(OC)c1-n1c(CS(=O)(=O)[C@@H](C)Cc2ncc(F)cn2)nnc1-c1ccccc1. The molecule has 0 aliphatic rings. The quantitative estimate of drug-likeness (QED) is 0.337. The second kappa shape index (κ2) is 10.1. The molecule has 3 heterocycles. The third-order valence-corrected chi connectivity index (χ3v) is 7.27. The lowest BCUT2D eigenvalue weighted by Gasteiger charge is -2.17.